The summed E-state index contributed by atoms with van der Waals surface area (Å²) in [6.45, 7) is 4.17. The Bertz CT molecular complexity index is 552. The van der Waals surface area contributed by atoms with Gasteiger partial charge in [-0.15, -0.1) is 0 Å². The topological polar surface area (TPSA) is 38.9 Å². The second kappa shape index (κ2) is 4.22. The summed E-state index contributed by atoms with van der Waals surface area (Å²) in [5, 5.41) is 1.52. The average molecular weight is 300 g/mol. The summed E-state index contributed by atoms with van der Waals surface area (Å²) >= 11 is 9.60. The molecule has 1 heterocycles. The van der Waals surface area contributed by atoms with Crippen LogP contribution in [-0.2, 0) is 0 Å². The van der Waals surface area contributed by atoms with E-state index >= 15 is 0 Å². The van der Waals surface area contributed by atoms with Crippen molar-refractivity contribution in [1.82, 2.24) is 4.98 Å². The quantitative estimate of drug-likeness (QED) is 0.850. The van der Waals surface area contributed by atoms with Crippen LogP contribution in [0.3, 0.4) is 0 Å². The first kappa shape index (κ1) is 11.7. The van der Waals surface area contributed by atoms with Crippen LogP contribution in [0.15, 0.2) is 22.7 Å². The molecule has 0 atom stereocenters. The zero-order valence-corrected chi connectivity index (χ0v) is 11.4. The molecular formula is C12H12BrClN2. The van der Waals surface area contributed by atoms with Crippen LogP contribution in [-0.4, -0.2) is 4.98 Å². The van der Waals surface area contributed by atoms with Gasteiger partial charge in [-0.2, -0.15) is 0 Å². The summed E-state index contributed by atoms with van der Waals surface area (Å²) in [7, 11) is 0. The molecule has 1 aromatic heterocycles. The van der Waals surface area contributed by atoms with E-state index in [4.69, 9.17) is 17.3 Å². The summed E-state index contributed by atoms with van der Waals surface area (Å²) in [5.41, 5.74) is 8.47. The number of nitrogens with zero attached hydrogens (tertiary/aromatic N) is 1. The fourth-order valence-corrected chi connectivity index (χ4v) is 2.36. The molecular weight excluding hydrogens is 288 g/mol. The van der Waals surface area contributed by atoms with Gasteiger partial charge in [0.2, 0.25) is 0 Å². The van der Waals surface area contributed by atoms with Crippen LogP contribution in [0.4, 0.5) is 5.69 Å². The lowest BCUT2D eigenvalue weighted by atomic mass is 10.1. The van der Waals surface area contributed by atoms with Crippen LogP contribution in [0.25, 0.3) is 10.9 Å². The van der Waals surface area contributed by atoms with Crippen molar-refractivity contribution in [2.75, 3.05) is 5.73 Å². The van der Waals surface area contributed by atoms with Crippen molar-refractivity contribution in [1.29, 1.82) is 0 Å². The van der Waals surface area contributed by atoms with E-state index in [0.717, 1.165) is 21.1 Å². The van der Waals surface area contributed by atoms with Gasteiger partial charge in [0.15, 0.2) is 0 Å². The summed E-state index contributed by atoms with van der Waals surface area (Å²) in [6, 6.07) is 5.62. The lowest BCUT2D eigenvalue weighted by Gasteiger charge is -2.11. The van der Waals surface area contributed by atoms with Crippen molar-refractivity contribution in [3.63, 3.8) is 0 Å². The van der Waals surface area contributed by atoms with Crippen molar-refractivity contribution in [3.05, 3.63) is 33.4 Å². The highest BCUT2D eigenvalue weighted by atomic mass is 79.9. The minimum absolute atomic E-state index is 0.335. The monoisotopic (exact) mass is 298 g/mol. The molecule has 2 N–H and O–H groups in total. The molecule has 0 aliphatic rings. The molecule has 2 aromatic rings. The molecule has 4 heteroatoms. The van der Waals surface area contributed by atoms with E-state index < -0.39 is 0 Å². The molecule has 84 valence electrons. The average Bonchev–Trinajstić information content (AvgIpc) is 2.22. The number of rotatable bonds is 1. The maximum atomic E-state index is 6.14. The molecule has 0 amide bonds. The lowest BCUT2D eigenvalue weighted by Crippen LogP contribution is -1.98. The number of benzene rings is 1. The predicted octanol–water partition coefficient (Wildman–Crippen LogP) is 4.36. The molecule has 16 heavy (non-hydrogen) atoms. The molecule has 0 fully saturated rings. The van der Waals surface area contributed by atoms with Crippen molar-refractivity contribution >= 4 is 44.1 Å². The number of halogens is 2. The van der Waals surface area contributed by atoms with Gasteiger partial charge in [-0.25, -0.2) is 0 Å². The first-order valence-electron chi connectivity index (χ1n) is 5.05. The number of aromatic nitrogens is 1. The third-order valence-corrected chi connectivity index (χ3v) is 3.47. The van der Waals surface area contributed by atoms with Crippen LogP contribution >= 0.6 is 27.5 Å². The smallest absolute Gasteiger partial charge is 0.0923 e. The van der Waals surface area contributed by atoms with Crippen LogP contribution in [0.1, 0.15) is 25.5 Å². The second-order valence-corrected chi connectivity index (χ2v) is 5.31. The van der Waals surface area contributed by atoms with Gasteiger partial charge in [-0.1, -0.05) is 41.4 Å². The molecule has 0 saturated carbocycles. The van der Waals surface area contributed by atoms with Gasteiger partial charge in [0.1, 0.15) is 0 Å². The van der Waals surface area contributed by atoms with Crippen molar-refractivity contribution in [3.8, 4) is 0 Å². The Morgan fingerprint density at radius 2 is 2.06 bits per heavy atom. The standard InChI is InChI=1S/C12H12BrClN2/c1-6(2)10-5-9(15)11-7(13)3-4-8(14)12(11)16-10/h3-6H,1-2H3,(H2,15,16). The third-order valence-electron chi connectivity index (χ3n) is 2.50. The molecule has 1 aromatic carbocycles. The van der Waals surface area contributed by atoms with Crippen LogP contribution in [0.2, 0.25) is 5.02 Å². The van der Waals surface area contributed by atoms with Gasteiger partial charge in [0, 0.05) is 21.2 Å². The number of nitrogen functional groups attached to an aromatic ring is 1. The van der Waals surface area contributed by atoms with E-state index in [1.54, 1.807) is 0 Å². The molecule has 0 bridgehead atoms. The highest BCUT2D eigenvalue weighted by Gasteiger charge is 2.11. The number of pyridine rings is 1. The number of hydrogen-bond donors (Lipinski definition) is 1. The normalized spacial score (nSPS) is 11.3. The van der Waals surface area contributed by atoms with Crippen molar-refractivity contribution in [2.45, 2.75) is 19.8 Å². The van der Waals surface area contributed by atoms with E-state index in [-0.39, 0.29) is 0 Å². The molecule has 2 nitrogen and oxygen atoms in total. The number of fused-ring (bicyclic) bond motifs is 1. The Morgan fingerprint density at radius 3 is 2.69 bits per heavy atom. The summed E-state index contributed by atoms with van der Waals surface area (Å²) in [4.78, 5) is 4.55. The first-order valence-corrected chi connectivity index (χ1v) is 6.22. The van der Waals surface area contributed by atoms with E-state index in [0.29, 0.717) is 16.6 Å². The first-order chi connectivity index (χ1) is 7.50. The van der Waals surface area contributed by atoms with Gasteiger partial charge >= 0.3 is 0 Å². The van der Waals surface area contributed by atoms with Gasteiger partial charge in [-0.05, 0) is 24.1 Å². The molecule has 0 radical (unpaired) electrons. The van der Waals surface area contributed by atoms with Crippen LogP contribution in [0.5, 0.6) is 0 Å². The summed E-state index contributed by atoms with van der Waals surface area (Å²) in [5.74, 6) is 0.335. The van der Waals surface area contributed by atoms with E-state index in [2.05, 4.69) is 34.8 Å². The van der Waals surface area contributed by atoms with E-state index in [9.17, 15) is 0 Å². The zero-order valence-electron chi connectivity index (χ0n) is 9.09. The largest absolute Gasteiger partial charge is 0.398 e. The maximum absolute atomic E-state index is 6.14. The third kappa shape index (κ3) is 1.89. The number of hydrogen-bond acceptors (Lipinski definition) is 2. The summed E-state index contributed by atoms with van der Waals surface area (Å²) < 4.78 is 0.923. The molecule has 0 aliphatic carbocycles. The number of anilines is 1. The van der Waals surface area contributed by atoms with Crippen LogP contribution in [0, 0.1) is 0 Å². The van der Waals surface area contributed by atoms with Gasteiger partial charge in [-0.3, -0.25) is 4.98 Å². The van der Waals surface area contributed by atoms with Gasteiger partial charge < -0.3 is 5.73 Å². The Hall–Kier alpha value is -0.800. The minimum Gasteiger partial charge on any atom is -0.398 e. The Kier molecular flexibility index (Phi) is 3.08. The fraction of sp³-hybridized carbons (Fsp3) is 0.250. The molecule has 2 rings (SSSR count). The van der Waals surface area contributed by atoms with Crippen molar-refractivity contribution in [2.24, 2.45) is 0 Å². The molecule has 0 unspecified atom stereocenters. The predicted molar refractivity (Wildman–Crippen MR) is 73.0 cm³/mol. The second-order valence-electron chi connectivity index (χ2n) is 4.04. The Labute approximate surface area is 108 Å². The maximum Gasteiger partial charge on any atom is 0.0923 e. The Balaban J connectivity index is 2.86. The highest BCUT2D eigenvalue weighted by Crippen LogP contribution is 2.34. The Morgan fingerprint density at radius 1 is 1.38 bits per heavy atom. The molecule has 0 spiro atoms. The number of nitrogens with two attached hydrogens (primary N) is 1. The molecule has 0 saturated heterocycles. The zero-order chi connectivity index (χ0) is 11.9. The molecule has 0 aliphatic heterocycles. The van der Waals surface area contributed by atoms with E-state index in [1.807, 2.05) is 18.2 Å². The minimum atomic E-state index is 0.335. The van der Waals surface area contributed by atoms with E-state index in [1.165, 1.54) is 0 Å². The SMILES string of the molecule is CC(C)c1cc(N)c2c(Br)ccc(Cl)c2n1. The fourth-order valence-electron chi connectivity index (χ4n) is 1.61. The van der Waals surface area contributed by atoms with Gasteiger partial charge in [0.25, 0.3) is 0 Å². The van der Waals surface area contributed by atoms with Crippen molar-refractivity contribution < 1.29 is 0 Å². The van der Waals surface area contributed by atoms with Gasteiger partial charge in [0.05, 0.1) is 10.5 Å². The summed E-state index contributed by atoms with van der Waals surface area (Å²) in [6.07, 6.45) is 0. The lowest BCUT2D eigenvalue weighted by molar-refractivity contribution is 0.830. The van der Waals surface area contributed by atoms with Crippen LogP contribution < -0.4 is 5.73 Å². The highest BCUT2D eigenvalue weighted by molar-refractivity contribution is 9.10.